The van der Waals surface area contributed by atoms with E-state index in [1.54, 1.807) is 12.1 Å². The molecule has 1 aromatic rings. The highest BCUT2D eigenvalue weighted by Gasteiger charge is 2.10. The number of methoxy groups -OCH3 is 1. The van der Waals surface area contributed by atoms with Crippen LogP contribution in [0.1, 0.15) is 5.56 Å². The molecular weight excluding hydrogens is 288 g/mol. The number of hydrogen-bond donors (Lipinski definition) is 2. The maximum Gasteiger partial charge on any atom is 0.234 e. The molecular formula is C12H15ClN2O3S. The van der Waals surface area contributed by atoms with Crippen LogP contribution in [-0.2, 0) is 9.59 Å². The molecule has 0 saturated carbocycles. The van der Waals surface area contributed by atoms with Gasteiger partial charge in [0.25, 0.3) is 0 Å². The highest BCUT2D eigenvalue weighted by Crippen LogP contribution is 2.30. The zero-order valence-electron chi connectivity index (χ0n) is 10.7. The molecule has 0 bridgehead atoms. The third-order valence-corrected chi connectivity index (χ3v) is 3.59. The number of anilines is 1. The lowest BCUT2D eigenvalue weighted by Gasteiger charge is -2.12. The average molecular weight is 303 g/mol. The molecule has 0 unspecified atom stereocenters. The molecule has 104 valence electrons. The fourth-order valence-corrected chi connectivity index (χ4v) is 2.07. The van der Waals surface area contributed by atoms with E-state index in [1.807, 2.05) is 6.92 Å². The van der Waals surface area contributed by atoms with Crippen LogP contribution in [0.5, 0.6) is 5.75 Å². The van der Waals surface area contributed by atoms with Gasteiger partial charge in [0.1, 0.15) is 5.75 Å². The summed E-state index contributed by atoms with van der Waals surface area (Å²) >= 11 is 7.13. The van der Waals surface area contributed by atoms with Gasteiger partial charge in [-0.05, 0) is 18.6 Å². The van der Waals surface area contributed by atoms with Gasteiger partial charge in [-0.15, -0.1) is 11.8 Å². The van der Waals surface area contributed by atoms with Crippen molar-refractivity contribution < 1.29 is 14.3 Å². The Balaban J connectivity index is 2.68. The number of rotatable bonds is 6. The summed E-state index contributed by atoms with van der Waals surface area (Å²) in [4.78, 5) is 22.2. The molecule has 0 aliphatic rings. The fourth-order valence-electron chi connectivity index (χ4n) is 1.36. The minimum atomic E-state index is -0.447. The summed E-state index contributed by atoms with van der Waals surface area (Å²) in [5, 5.41) is 3.28. The van der Waals surface area contributed by atoms with Crippen molar-refractivity contribution in [2.45, 2.75) is 6.92 Å². The van der Waals surface area contributed by atoms with Gasteiger partial charge in [0.2, 0.25) is 11.8 Å². The van der Waals surface area contributed by atoms with Crippen molar-refractivity contribution in [2.75, 3.05) is 23.9 Å². The van der Waals surface area contributed by atoms with Crippen molar-refractivity contribution in [3.8, 4) is 5.75 Å². The SMILES string of the molecule is COc1cc(Cl)c(C)cc1NC(=O)CSCC(N)=O. The Bertz CT molecular complexity index is 494. The van der Waals surface area contributed by atoms with E-state index >= 15 is 0 Å². The molecule has 2 amide bonds. The Morgan fingerprint density at radius 2 is 2.11 bits per heavy atom. The lowest BCUT2D eigenvalue weighted by Crippen LogP contribution is -2.18. The second-order valence-electron chi connectivity index (χ2n) is 3.81. The third kappa shape index (κ3) is 5.00. The maximum atomic E-state index is 11.7. The number of aryl methyl sites for hydroxylation is 1. The van der Waals surface area contributed by atoms with Gasteiger partial charge in [-0.2, -0.15) is 0 Å². The normalized spacial score (nSPS) is 10.1. The molecule has 0 aromatic heterocycles. The summed E-state index contributed by atoms with van der Waals surface area (Å²) in [5.41, 5.74) is 6.37. The van der Waals surface area contributed by atoms with E-state index in [0.29, 0.717) is 16.5 Å². The quantitative estimate of drug-likeness (QED) is 0.840. The number of carbonyl (C=O) groups excluding carboxylic acids is 2. The molecule has 0 radical (unpaired) electrons. The van der Waals surface area contributed by atoms with E-state index in [2.05, 4.69) is 5.32 Å². The first-order chi connectivity index (χ1) is 8.93. The largest absolute Gasteiger partial charge is 0.495 e. The predicted molar refractivity (Wildman–Crippen MR) is 77.9 cm³/mol. The van der Waals surface area contributed by atoms with Crippen LogP contribution in [0, 0.1) is 6.92 Å². The first-order valence-corrected chi connectivity index (χ1v) is 6.97. The zero-order valence-corrected chi connectivity index (χ0v) is 12.2. The smallest absolute Gasteiger partial charge is 0.234 e. The summed E-state index contributed by atoms with van der Waals surface area (Å²) in [6.45, 7) is 1.83. The van der Waals surface area contributed by atoms with Crippen molar-refractivity contribution >= 4 is 40.9 Å². The van der Waals surface area contributed by atoms with Crippen molar-refractivity contribution in [3.63, 3.8) is 0 Å². The van der Waals surface area contributed by atoms with Gasteiger partial charge in [0, 0.05) is 11.1 Å². The number of nitrogens with one attached hydrogen (secondary N) is 1. The zero-order chi connectivity index (χ0) is 14.4. The van der Waals surface area contributed by atoms with Gasteiger partial charge in [-0.1, -0.05) is 11.6 Å². The van der Waals surface area contributed by atoms with Crippen LogP contribution in [0.2, 0.25) is 5.02 Å². The molecule has 0 spiro atoms. The molecule has 0 aliphatic heterocycles. The average Bonchev–Trinajstić information content (AvgIpc) is 2.33. The number of halogens is 1. The predicted octanol–water partition coefficient (Wildman–Crippen LogP) is 1.81. The lowest BCUT2D eigenvalue weighted by molar-refractivity contribution is -0.115. The molecule has 3 N–H and O–H groups in total. The number of benzene rings is 1. The Hall–Kier alpha value is -1.40. The van der Waals surface area contributed by atoms with Crippen molar-refractivity contribution in [2.24, 2.45) is 5.73 Å². The van der Waals surface area contributed by atoms with E-state index < -0.39 is 5.91 Å². The third-order valence-electron chi connectivity index (χ3n) is 2.23. The Kier molecular flexibility index (Phi) is 5.98. The maximum absolute atomic E-state index is 11.7. The van der Waals surface area contributed by atoms with Crippen LogP contribution in [0.15, 0.2) is 12.1 Å². The highest BCUT2D eigenvalue weighted by atomic mass is 35.5. The topological polar surface area (TPSA) is 81.4 Å². The van der Waals surface area contributed by atoms with Gasteiger partial charge in [0.05, 0.1) is 24.3 Å². The molecule has 1 aromatic carbocycles. The lowest BCUT2D eigenvalue weighted by atomic mass is 10.2. The first kappa shape index (κ1) is 15.7. The molecule has 0 atom stereocenters. The monoisotopic (exact) mass is 302 g/mol. The number of amides is 2. The van der Waals surface area contributed by atoms with Crippen molar-refractivity contribution in [1.29, 1.82) is 0 Å². The molecule has 0 aliphatic carbocycles. The van der Waals surface area contributed by atoms with Gasteiger partial charge < -0.3 is 15.8 Å². The molecule has 1 rings (SSSR count). The van der Waals surface area contributed by atoms with Crippen LogP contribution >= 0.6 is 23.4 Å². The van der Waals surface area contributed by atoms with Crippen molar-refractivity contribution in [1.82, 2.24) is 0 Å². The Morgan fingerprint density at radius 3 is 2.68 bits per heavy atom. The van der Waals surface area contributed by atoms with Crippen LogP contribution in [-0.4, -0.2) is 30.4 Å². The molecule has 0 saturated heterocycles. The van der Waals surface area contributed by atoms with Gasteiger partial charge in [-0.3, -0.25) is 9.59 Å². The second kappa shape index (κ2) is 7.25. The van der Waals surface area contributed by atoms with E-state index in [-0.39, 0.29) is 17.4 Å². The Labute approximate surface area is 120 Å². The summed E-state index contributed by atoms with van der Waals surface area (Å²) < 4.78 is 5.14. The van der Waals surface area contributed by atoms with E-state index in [1.165, 1.54) is 7.11 Å². The summed E-state index contributed by atoms with van der Waals surface area (Å²) in [6, 6.07) is 3.38. The number of ether oxygens (including phenoxy) is 1. The number of primary amides is 1. The first-order valence-electron chi connectivity index (χ1n) is 5.44. The van der Waals surface area contributed by atoms with E-state index in [9.17, 15) is 9.59 Å². The minimum absolute atomic E-state index is 0.115. The van der Waals surface area contributed by atoms with E-state index in [0.717, 1.165) is 17.3 Å². The van der Waals surface area contributed by atoms with Crippen LogP contribution in [0.4, 0.5) is 5.69 Å². The molecule has 19 heavy (non-hydrogen) atoms. The van der Waals surface area contributed by atoms with Crippen LogP contribution in [0.25, 0.3) is 0 Å². The number of hydrogen-bond acceptors (Lipinski definition) is 4. The fraction of sp³-hybridized carbons (Fsp3) is 0.333. The molecule has 5 nitrogen and oxygen atoms in total. The van der Waals surface area contributed by atoms with Gasteiger partial charge in [-0.25, -0.2) is 0 Å². The van der Waals surface area contributed by atoms with Gasteiger partial charge in [0.15, 0.2) is 0 Å². The van der Waals surface area contributed by atoms with Crippen LogP contribution < -0.4 is 15.8 Å². The summed E-state index contributed by atoms with van der Waals surface area (Å²) in [6.07, 6.45) is 0. The van der Waals surface area contributed by atoms with Crippen LogP contribution in [0.3, 0.4) is 0 Å². The molecule has 0 heterocycles. The highest BCUT2D eigenvalue weighted by molar-refractivity contribution is 8.00. The number of carbonyl (C=O) groups is 2. The summed E-state index contributed by atoms with van der Waals surface area (Å²) in [7, 11) is 1.50. The Morgan fingerprint density at radius 1 is 1.42 bits per heavy atom. The number of thioether (sulfide) groups is 1. The minimum Gasteiger partial charge on any atom is -0.495 e. The second-order valence-corrected chi connectivity index (χ2v) is 5.20. The summed E-state index contributed by atoms with van der Waals surface area (Å²) in [5.74, 6) is 0.0747. The van der Waals surface area contributed by atoms with E-state index in [4.69, 9.17) is 22.1 Å². The molecule has 0 fully saturated rings. The van der Waals surface area contributed by atoms with Gasteiger partial charge >= 0.3 is 0 Å². The molecule has 7 heteroatoms. The van der Waals surface area contributed by atoms with Crippen molar-refractivity contribution in [3.05, 3.63) is 22.7 Å². The number of nitrogens with two attached hydrogens (primary N) is 1. The standard InChI is InChI=1S/C12H15ClN2O3S/c1-7-3-9(10(18-2)4-8(7)13)15-12(17)6-19-5-11(14)16/h3-4H,5-6H2,1-2H3,(H2,14,16)(H,15,17).